The minimum absolute atomic E-state index is 0.158. The molecule has 0 amide bonds. The Bertz CT molecular complexity index is 609. The Morgan fingerprint density at radius 3 is 1.08 bits per heavy atom. The monoisotopic (exact) mass is 332 g/mol. The van der Waals surface area contributed by atoms with Crippen LogP contribution in [-0.2, 0) is 0 Å². The summed E-state index contributed by atoms with van der Waals surface area (Å²) in [5.74, 6) is 1.58. The molecule has 2 heterocycles. The molecule has 2 aromatic heterocycles. The molecule has 0 unspecified atom stereocenters. The number of nitrogen functional groups attached to an aromatic ring is 4. The number of rotatable bonds is 4. The highest BCUT2D eigenvalue weighted by Gasteiger charge is 2.22. The lowest BCUT2D eigenvalue weighted by Crippen LogP contribution is -2.10. The van der Waals surface area contributed by atoms with Crippen LogP contribution in [0.4, 0.5) is 35.7 Å². The van der Waals surface area contributed by atoms with E-state index in [-0.39, 0.29) is 23.8 Å². The second kappa shape index (κ2) is 6.52. The molecule has 12 heteroatoms. The molecule has 2 aliphatic carbocycles. The Morgan fingerprint density at radius 1 is 0.542 bits per heavy atom. The molecule has 24 heavy (non-hydrogen) atoms. The Kier molecular flexibility index (Phi) is 4.26. The first-order valence-corrected chi connectivity index (χ1v) is 7.55. The van der Waals surface area contributed by atoms with Gasteiger partial charge in [0.15, 0.2) is 0 Å². The van der Waals surface area contributed by atoms with Crippen LogP contribution in [0.3, 0.4) is 0 Å². The third kappa shape index (κ3) is 4.93. The fourth-order valence-corrected chi connectivity index (χ4v) is 1.77. The second-order valence-electron chi connectivity index (χ2n) is 5.59. The van der Waals surface area contributed by atoms with Gasteiger partial charge in [-0.15, -0.1) is 0 Å². The first-order valence-electron chi connectivity index (χ1n) is 7.55. The van der Waals surface area contributed by atoms with Gasteiger partial charge in [0.25, 0.3) is 0 Å². The molecular weight excluding hydrogens is 312 g/mol. The Balaban J connectivity index is 0.000000141. The maximum atomic E-state index is 5.37. The summed E-state index contributed by atoms with van der Waals surface area (Å²) in [6.07, 6.45) is 4.63. The predicted molar refractivity (Wildman–Crippen MR) is 90.6 cm³/mol. The fraction of sp³-hybridized carbons (Fsp3) is 0.500. The van der Waals surface area contributed by atoms with Crippen LogP contribution in [0.5, 0.6) is 0 Å². The number of anilines is 6. The lowest BCUT2D eigenvalue weighted by molar-refractivity contribution is 1.02. The van der Waals surface area contributed by atoms with Crippen molar-refractivity contribution < 1.29 is 0 Å². The summed E-state index contributed by atoms with van der Waals surface area (Å²) in [4.78, 5) is 22.8. The highest BCUT2D eigenvalue weighted by molar-refractivity contribution is 5.39. The summed E-state index contributed by atoms with van der Waals surface area (Å²) in [7, 11) is 0. The van der Waals surface area contributed by atoms with Crippen molar-refractivity contribution in [1.29, 1.82) is 0 Å². The van der Waals surface area contributed by atoms with Gasteiger partial charge in [0.1, 0.15) is 0 Å². The van der Waals surface area contributed by atoms with E-state index >= 15 is 0 Å². The van der Waals surface area contributed by atoms with Crippen LogP contribution in [0.2, 0.25) is 0 Å². The van der Waals surface area contributed by atoms with E-state index in [1.165, 1.54) is 0 Å². The smallest absolute Gasteiger partial charge is 0.229 e. The van der Waals surface area contributed by atoms with Crippen LogP contribution in [0, 0.1) is 0 Å². The van der Waals surface area contributed by atoms with E-state index in [0.717, 1.165) is 25.7 Å². The largest absolute Gasteiger partial charge is 0.368 e. The van der Waals surface area contributed by atoms with Crippen LogP contribution in [0.15, 0.2) is 0 Å². The number of nitrogens with zero attached hydrogens (tertiary/aromatic N) is 6. The van der Waals surface area contributed by atoms with Gasteiger partial charge in [-0.25, -0.2) is 0 Å². The van der Waals surface area contributed by atoms with Crippen molar-refractivity contribution in [2.75, 3.05) is 33.6 Å². The number of hydrogen-bond donors (Lipinski definition) is 6. The van der Waals surface area contributed by atoms with Crippen molar-refractivity contribution in [2.45, 2.75) is 37.8 Å². The highest BCUT2D eigenvalue weighted by Crippen LogP contribution is 2.23. The minimum Gasteiger partial charge on any atom is -0.368 e. The summed E-state index contributed by atoms with van der Waals surface area (Å²) < 4.78 is 0. The highest BCUT2D eigenvalue weighted by atomic mass is 15.2. The van der Waals surface area contributed by atoms with E-state index in [1.54, 1.807) is 0 Å². The van der Waals surface area contributed by atoms with E-state index in [1.807, 2.05) is 0 Å². The van der Waals surface area contributed by atoms with Crippen LogP contribution >= 0.6 is 0 Å². The van der Waals surface area contributed by atoms with Crippen molar-refractivity contribution >= 4 is 35.7 Å². The van der Waals surface area contributed by atoms with Crippen molar-refractivity contribution in [3.63, 3.8) is 0 Å². The maximum Gasteiger partial charge on any atom is 0.229 e. The molecule has 0 aromatic carbocycles. The number of nitrogens with two attached hydrogens (primary N) is 4. The average molecular weight is 332 g/mol. The Labute approximate surface area is 137 Å². The molecule has 128 valence electrons. The van der Waals surface area contributed by atoms with Gasteiger partial charge in [0.2, 0.25) is 35.7 Å². The molecule has 0 bridgehead atoms. The second-order valence-corrected chi connectivity index (χ2v) is 5.59. The topological polar surface area (TPSA) is 205 Å². The summed E-state index contributed by atoms with van der Waals surface area (Å²) in [6, 6.07) is 0.984. The van der Waals surface area contributed by atoms with E-state index in [4.69, 9.17) is 22.9 Å². The van der Waals surface area contributed by atoms with Gasteiger partial charge < -0.3 is 33.6 Å². The molecule has 0 saturated heterocycles. The first kappa shape index (κ1) is 15.7. The van der Waals surface area contributed by atoms with E-state index < -0.39 is 0 Å². The van der Waals surface area contributed by atoms with Crippen LogP contribution < -0.4 is 33.6 Å². The summed E-state index contributed by atoms with van der Waals surface area (Å²) in [5, 5.41) is 6.15. The molecule has 10 N–H and O–H groups in total. The Hall–Kier alpha value is -3.18. The van der Waals surface area contributed by atoms with Gasteiger partial charge in [0.05, 0.1) is 0 Å². The van der Waals surface area contributed by atoms with Gasteiger partial charge in [-0.3, -0.25) is 0 Å². The molecule has 2 aromatic rings. The zero-order chi connectivity index (χ0) is 17.1. The molecule has 0 spiro atoms. The quantitative estimate of drug-likeness (QED) is 0.407. The van der Waals surface area contributed by atoms with Crippen molar-refractivity contribution in [3.05, 3.63) is 0 Å². The summed E-state index contributed by atoms with van der Waals surface area (Å²) in [6.45, 7) is 0. The first-order chi connectivity index (χ1) is 11.5. The van der Waals surface area contributed by atoms with Crippen molar-refractivity contribution in [1.82, 2.24) is 29.9 Å². The van der Waals surface area contributed by atoms with Gasteiger partial charge >= 0.3 is 0 Å². The molecule has 12 nitrogen and oxygen atoms in total. The molecule has 0 atom stereocenters. The fourth-order valence-electron chi connectivity index (χ4n) is 1.77. The Morgan fingerprint density at radius 2 is 0.833 bits per heavy atom. The lowest BCUT2D eigenvalue weighted by Gasteiger charge is -2.02. The molecule has 0 radical (unpaired) electrons. The number of aromatic nitrogens is 6. The molecule has 2 fully saturated rings. The van der Waals surface area contributed by atoms with E-state index in [0.29, 0.717) is 24.0 Å². The standard InChI is InChI=1S/2C6H10N6/c2*7-4-10-5(8)12-6(11-4)9-3-1-2-3/h2*3H,1-2H2,(H5,7,8,9,10,11,12). The van der Waals surface area contributed by atoms with E-state index in [9.17, 15) is 0 Å². The third-order valence-electron chi connectivity index (χ3n) is 3.16. The molecule has 4 rings (SSSR count). The minimum atomic E-state index is 0.158. The van der Waals surface area contributed by atoms with E-state index in [2.05, 4.69) is 40.5 Å². The maximum absolute atomic E-state index is 5.37. The molecule has 2 saturated carbocycles. The van der Waals surface area contributed by atoms with Gasteiger partial charge in [-0.05, 0) is 25.7 Å². The number of nitrogens with one attached hydrogen (secondary N) is 2. The average Bonchev–Trinajstić information content (AvgIpc) is 3.34. The summed E-state index contributed by atoms with van der Waals surface area (Å²) in [5.41, 5.74) is 21.5. The van der Waals surface area contributed by atoms with Crippen LogP contribution in [-0.4, -0.2) is 42.0 Å². The third-order valence-corrected chi connectivity index (χ3v) is 3.16. The van der Waals surface area contributed by atoms with Gasteiger partial charge in [-0.1, -0.05) is 0 Å². The molecular formula is C12H20N12. The normalized spacial score (nSPS) is 16.0. The summed E-state index contributed by atoms with van der Waals surface area (Å²) >= 11 is 0. The SMILES string of the molecule is Nc1nc(N)nc(NC2CC2)n1.Nc1nc(N)nc(NC2CC2)n1. The van der Waals surface area contributed by atoms with Crippen molar-refractivity contribution in [3.8, 4) is 0 Å². The predicted octanol–water partition coefficient (Wildman–Crippen LogP) is -0.779. The van der Waals surface area contributed by atoms with Crippen LogP contribution in [0.1, 0.15) is 25.7 Å². The number of hydrogen-bond acceptors (Lipinski definition) is 12. The van der Waals surface area contributed by atoms with Crippen molar-refractivity contribution in [2.24, 2.45) is 0 Å². The molecule has 2 aliphatic rings. The zero-order valence-corrected chi connectivity index (χ0v) is 13.0. The van der Waals surface area contributed by atoms with Gasteiger partial charge in [-0.2, -0.15) is 29.9 Å². The zero-order valence-electron chi connectivity index (χ0n) is 13.0. The van der Waals surface area contributed by atoms with Crippen LogP contribution in [0.25, 0.3) is 0 Å². The van der Waals surface area contributed by atoms with Gasteiger partial charge in [0, 0.05) is 12.1 Å². The molecule has 0 aliphatic heterocycles. The lowest BCUT2D eigenvalue weighted by atomic mass is 10.7.